The summed E-state index contributed by atoms with van der Waals surface area (Å²) in [6.45, 7) is 11.3. The molecule has 0 spiro atoms. The molecule has 0 unspecified atom stereocenters. The van der Waals surface area contributed by atoms with Gasteiger partial charge >= 0.3 is 0 Å². The second-order valence-corrected chi connectivity index (χ2v) is 13.3. The molecule has 8 heteroatoms. The van der Waals surface area contributed by atoms with Crippen molar-refractivity contribution in [3.63, 3.8) is 0 Å². The minimum Gasteiger partial charge on any atom is -0.394 e. The third-order valence-electron chi connectivity index (χ3n) is 10.3. The van der Waals surface area contributed by atoms with Gasteiger partial charge in [-0.25, -0.2) is 0 Å². The standard InChI is InChI=1S/C34H47N3O5/c1-6-14-35-32(40)24-12-10-23(11-13-24)25-9-7-8-22(15-25)18-37-31(30(21(3)39)29(19-38)42-37)33(41)36-28-17-26-16-27(20(28)2)34(26,4)5/h7-13,15,20-21,26-31,38-39H,6,14,16-19H2,1-5H3,(H,35,40)(H,36,41)/t20-,21-,26-,27+,28-,29-,30+,31-/m0/s1. The van der Waals surface area contributed by atoms with Crippen molar-refractivity contribution in [3.05, 3.63) is 59.7 Å². The van der Waals surface area contributed by atoms with Crippen LogP contribution in [-0.4, -0.2) is 64.5 Å². The van der Waals surface area contributed by atoms with Crippen molar-refractivity contribution in [3.8, 4) is 11.1 Å². The largest absolute Gasteiger partial charge is 0.394 e. The zero-order chi connectivity index (χ0) is 30.2. The van der Waals surface area contributed by atoms with Gasteiger partial charge in [-0.15, -0.1) is 0 Å². The molecule has 4 N–H and O–H groups in total. The Morgan fingerprint density at radius 3 is 2.48 bits per heavy atom. The predicted octanol–water partition coefficient (Wildman–Crippen LogP) is 4.15. The highest BCUT2D eigenvalue weighted by Crippen LogP contribution is 2.61. The van der Waals surface area contributed by atoms with E-state index < -0.39 is 24.2 Å². The molecule has 2 bridgehead atoms. The number of fused-ring (bicyclic) bond motifs is 2. The van der Waals surface area contributed by atoms with Gasteiger partial charge in [0.2, 0.25) is 5.91 Å². The molecule has 42 heavy (non-hydrogen) atoms. The van der Waals surface area contributed by atoms with Crippen molar-refractivity contribution >= 4 is 11.8 Å². The smallest absolute Gasteiger partial charge is 0.251 e. The van der Waals surface area contributed by atoms with E-state index in [1.807, 2.05) is 55.5 Å². The van der Waals surface area contributed by atoms with Gasteiger partial charge in [0.1, 0.15) is 12.1 Å². The number of nitrogens with zero attached hydrogens (tertiary/aromatic N) is 1. The normalized spacial score (nSPS) is 30.8. The molecule has 4 fully saturated rings. The summed E-state index contributed by atoms with van der Waals surface area (Å²) in [6, 6.07) is 14.9. The minimum atomic E-state index is -0.835. The number of nitrogens with one attached hydrogen (secondary N) is 2. The Hall–Kier alpha value is -2.78. The molecular formula is C34H47N3O5. The van der Waals surface area contributed by atoms with E-state index in [2.05, 4.69) is 31.4 Å². The Kier molecular flexibility index (Phi) is 9.09. The first-order chi connectivity index (χ1) is 20.0. The molecule has 8 atom stereocenters. The number of benzene rings is 2. The summed E-state index contributed by atoms with van der Waals surface area (Å²) >= 11 is 0. The fourth-order valence-corrected chi connectivity index (χ4v) is 7.67. The molecule has 0 aromatic heterocycles. The van der Waals surface area contributed by atoms with Gasteiger partial charge in [-0.3, -0.25) is 14.4 Å². The predicted molar refractivity (Wildman–Crippen MR) is 162 cm³/mol. The fraction of sp³-hybridized carbons (Fsp3) is 0.588. The average molecular weight is 578 g/mol. The number of hydrogen-bond donors (Lipinski definition) is 4. The summed E-state index contributed by atoms with van der Waals surface area (Å²) in [5.74, 6) is 0.791. The Morgan fingerprint density at radius 2 is 1.86 bits per heavy atom. The molecule has 1 aliphatic heterocycles. The number of carbonyl (C=O) groups is 2. The molecular weight excluding hydrogens is 530 g/mol. The Balaban J connectivity index is 1.32. The third kappa shape index (κ3) is 5.87. The minimum absolute atomic E-state index is 0.0814. The molecule has 2 aromatic rings. The van der Waals surface area contributed by atoms with E-state index in [0.29, 0.717) is 41.8 Å². The van der Waals surface area contributed by atoms with Gasteiger partial charge in [0.05, 0.1) is 19.3 Å². The van der Waals surface area contributed by atoms with Crippen LogP contribution in [0.25, 0.3) is 11.1 Å². The van der Waals surface area contributed by atoms with E-state index in [1.54, 1.807) is 12.0 Å². The quantitative estimate of drug-likeness (QED) is 0.338. The van der Waals surface area contributed by atoms with Gasteiger partial charge in [0.25, 0.3) is 5.91 Å². The summed E-state index contributed by atoms with van der Waals surface area (Å²) in [5, 5.41) is 28.7. The monoisotopic (exact) mass is 577 g/mol. The molecule has 2 aromatic carbocycles. The number of aliphatic hydroxyl groups is 2. The van der Waals surface area contributed by atoms with Gasteiger partial charge in [0, 0.05) is 24.1 Å². The summed E-state index contributed by atoms with van der Waals surface area (Å²) in [4.78, 5) is 32.3. The molecule has 1 heterocycles. The third-order valence-corrected chi connectivity index (χ3v) is 10.3. The van der Waals surface area contributed by atoms with E-state index in [4.69, 9.17) is 4.84 Å². The molecule has 0 radical (unpaired) electrons. The molecule has 8 nitrogen and oxygen atoms in total. The van der Waals surface area contributed by atoms with Crippen LogP contribution >= 0.6 is 0 Å². The number of hydroxylamine groups is 2. The lowest BCUT2D eigenvalue weighted by Gasteiger charge is -2.62. The van der Waals surface area contributed by atoms with Crippen molar-refractivity contribution in [1.29, 1.82) is 0 Å². The summed E-state index contributed by atoms with van der Waals surface area (Å²) in [6.07, 6.45) is 1.57. The Bertz CT molecular complexity index is 1260. The first-order valence-electron chi connectivity index (χ1n) is 15.5. The topological polar surface area (TPSA) is 111 Å². The number of hydrogen-bond acceptors (Lipinski definition) is 6. The number of rotatable bonds is 10. The van der Waals surface area contributed by atoms with Crippen molar-refractivity contribution in [1.82, 2.24) is 15.7 Å². The van der Waals surface area contributed by atoms with E-state index in [1.165, 1.54) is 6.42 Å². The van der Waals surface area contributed by atoms with Crippen LogP contribution in [0.15, 0.2) is 48.5 Å². The van der Waals surface area contributed by atoms with Crippen molar-refractivity contribution < 1.29 is 24.6 Å². The first-order valence-corrected chi connectivity index (χ1v) is 15.5. The van der Waals surface area contributed by atoms with E-state index in [0.717, 1.165) is 29.5 Å². The summed E-state index contributed by atoms with van der Waals surface area (Å²) < 4.78 is 0. The number of aliphatic hydroxyl groups excluding tert-OH is 2. The van der Waals surface area contributed by atoms with Gasteiger partial charge in [0.15, 0.2) is 0 Å². The zero-order valence-corrected chi connectivity index (χ0v) is 25.5. The van der Waals surface area contributed by atoms with Crippen LogP contribution in [0, 0.1) is 29.1 Å². The maximum Gasteiger partial charge on any atom is 0.251 e. The number of carbonyl (C=O) groups excluding carboxylic acids is 2. The Morgan fingerprint density at radius 1 is 1.12 bits per heavy atom. The highest BCUT2D eigenvalue weighted by molar-refractivity contribution is 5.94. The second kappa shape index (κ2) is 12.4. The molecule has 2 amide bonds. The molecule has 228 valence electrons. The van der Waals surface area contributed by atoms with Gasteiger partial charge in [-0.05, 0) is 84.2 Å². The highest BCUT2D eigenvalue weighted by Gasteiger charge is 2.57. The van der Waals surface area contributed by atoms with Gasteiger partial charge in [-0.2, -0.15) is 5.06 Å². The fourth-order valence-electron chi connectivity index (χ4n) is 7.67. The maximum atomic E-state index is 13.9. The van der Waals surface area contributed by atoms with Crippen molar-refractivity contribution in [2.45, 2.75) is 84.7 Å². The molecule has 1 saturated heterocycles. The lowest BCUT2D eigenvalue weighted by atomic mass is 9.45. The van der Waals surface area contributed by atoms with Gasteiger partial charge < -0.3 is 20.8 Å². The lowest BCUT2D eigenvalue weighted by Crippen LogP contribution is -2.62. The first kappa shape index (κ1) is 30.7. The molecule has 3 saturated carbocycles. The van der Waals surface area contributed by atoms with Crippen LogP contribution in [0.2, 0.25) is 0 Å². The Labute approximate surface area is 249 Å². The van der Waals surface area contributed by atoms with Crippen LogP contribution < -0.4 is 10.6 Å². The van der Waals surface area contributed by atoms with Crippen LogP contribution in [0.1, 0.15) is 69.8 Å². The second-order valence-electron chi connectivity index (χ2n) is 13.3. The van der Waals surface area contributed by atoms with Crippen LogP contribution in [0.4, 0.5) is 0 Å². The maximum absolute atomic E-state index is 13.9. The van der Waals surface area contributed by atoms with Crippen molar-refractivity contribution in [2.75, 3.05) is 13.2 Å². The van der Waals surface area contributed by atoms with Crippen LogP contribution in [-0.2, 0) is 16.2 Å². The van der Waals surface area contributed by atoms with E-state index in [-0.39, 0.29) is 24.5 Å². The van der Waals surface area contributed by atoms with Crippen LogP contribution in [0.3, 0.4) is 0 Å². The lowest BCUT2D eigenvalue weighted by molar-refractivity contribution is -0.183. The van der Waals surface area contributed by atoms with E-state index in [9.17, 15) is 19.8 Å². The van der Waals surface area contributed by atoms with Crippen LogP contribution in [0.5, 0.6) is 0 Å². The number of amides is 2. The van der Waals surface area contributed by atoms with E-state index >= 15 is 0 Å². The summed E-state index contributed by atoms with van der Waals surface area (Å²) in [7, 11) is 0. The average Bonchev–Trinajstić information content (AvgIpc) is 3.35. The highest BCUT2D eigenvalue weighted by atomic mass is 16.7. The molecule has 6 rings (SSSR count). The molecule has 3 aliphatic carbocycles. The van der Waals surface area contributed by atoms with Gasteiger partial charge in [-0.1, -0.05) is 58.0 Å². The van der Waals surface area contributed by atoms with Crippen molar-refractivity contribution in [2.24, 2.45) is 29.1 Å². The summed E-state index contributed by atoms with van der Waals surface area (Å²) in [5.41, 5.74) is 3.84. The molecule has 4 aliphatic rings. The SMILES string of the molecule is CCCNC(=O)c1ccc(-c2cccc(CN3O[C@@H](CO)[C@@H]([C@H](C)O)[C@H]3C(=O)N[C@H]3C[C@@H]4C[C@H]([C@@H]3C)C4(C)C)c2)cc1. The zero-order valence-electron chi connectivity index (χ0n) is 25.5.